The minimum absolute atomic E-state index is 0.0683. The Kier molecular flexibility index (Phi) is 3.60. The van der Waals surface area contributed by atoms with Crippen molar-refractivity contribution in [3.8, 4) is 5.75 Å². The summed E-state index contributed by atoms with van der Waals surface area (Å²) in [6.45, 7) is 0. The molecule has 108 valence electrons. The molecular weight excluding hydrogens is 269 g/mol. The van der Waals surface area contributed by atoms with Crippen molar-refractivity contribution in [3.05, 3.63) is 58.9 Å². The number of anilines is 1. The van der Waals surface area contributed by atoms with Crippen LogP contribution in [0.3, 0.4) is 0 Å². The summed E-state index contributed by atoms with van der Waals surface area (Å²) < 4.78 is 13.7. The Morgan fingerprint density at radius 3 is 2.76 bits per heavy atom. The summed E-state index contributed by atoms with van der Waals surface area (Å²) in [5.74, 6) is -1.41. The minimum atomic E-state index is -0.725. The molecule has 2 N–H and O–H groups in total. The highest BCUT2D eigenvalue weighted by atomic mass is 19.1. The first kappa shape index (κ1) is 13.6. The lowest BCUT2D eigenvalue weighted by Gasteiger charge is -2.19. The summed E-state index contributed by atoms with van der Waals surface area (Å²) in [5.41, 5.74) is 3.09. The number of carbonyl (C=O) groups is 1. The molecular formula is C17H16FNO2. The number of hydrogen-bond acceptors (Lipinski definition) is 2. The van der Waals surface area contributed by atoms with Gasteiger partial charge in [-0.1, -0.05) is 12.1 Å². The molecule has 2 aromatic rings. The van der Waals surface area contributed by atoms with E-state index in [1.165, 1.54) is 17.7 Å². The molecule has 1 aliphatic rings. The number of rotatable bonds is 2. The van der Waals surface area contributed by atoms with Gasteiger partial charge in [0.2, 0.25) is 0 Å². The van der Waals surface area contributed by atoms with Gasteiger partial charge in [0.25, 0.3) is 5.91 Å². The number of nitrogens with one attached hydrogen (secondary N) is 1. The van der Waals surface area contributed by atoms with Crippen molar-refractivity contribution >= 4 is 11.6 Å². The number of phenols is 1. The largest absolute Gasteiger partial charge is 0.508 e. The van der Waals surface area contributed by atoms with Gasteiger partial charge in [-0.15, -0.1) is 0 Å². The lowest BCUT2D eigenvalue weighted by Crippen LogP contribution is -2.16. The molecule has 0 saturated carbocycles. The third-order valence-electron chi connectivity index (χ3n) is 3.84. The highest BCUT2D eigenvalue weighted by Crippen LogP contribution is 2.28. The van der Waals surface area contributed by atoms with E-state index < -0.39 is 11.7 Å². The van der Waals surface area contributed by atoms with Gasteiger partial charge in [0.05, 0.1) is 5.56 Å². The average Bonchev–Trinajstić information content (AvgIpc) is 2.47. The summed E-state index contributed by atoms with van der Waals surface area (Å²) in [6, 6.07) is 9.36. The zero-order valence-electron chi connectivity index (χ0n) is 11.5. The second-order valence-corrected chi connectivity index (χ2v) is 5.27. The zero-order chi connectivity index (χ0) is 14.8. The maximum absolute atomic E-state index is 13.7. The number of aromatic hydroxyl groups is 1. The number of aryl methyl sites for hydroxylation is 1. The van der Waals surface area contributed by atoms with Gasteiger partial charge in [-0.2, -0.15) is 0 Å². The number of fused-ring (bicyclic) bond motifs is 1. The molecule has 0 spiro atoms. The number of amides is 1. The molecule has 1 amide bonds. The predicted molar refractivity (Wildman–Crippen MR) is 79.1 cm³/mol. The third-order valence-corrected chi connectivity index (χ3v) is 3.84. The molecule has 3 rings (SSSR count). The van der Waals surface area contributed by atoms with Crippen molar-refractivity contribution in [2.45, 2.75) is 25.7 Å². The Hall–Kier alpha value is -2.36. The van der Waals surface area contributed by atoms with Crippen molar-refractivity contribution in [2.24, 2.45) is 0 Å². The van der Waals surface area contributed by atoms with Gasteiger partial charge >= 0.3 is 0 Å². The predicted octanol–water partition coefficient (Wildman–Crippen LogP) is 3.66. The van der Waals surface area contributed by atoms with E-state index in [1.807, 2.05) is 12.1 Å². The summed E-state index contributed by atoms with van der Waals surface area (Å²) in [7, 11) is 0. The number of halogens is 1. The maximum Gasteiger partial charge on any atom is 0.258 e. The van der Waals surface area contributed by atoms with Crippen molar-refractivity contribution in [1.82, 2.24) is 0 Å². The Balaban J connectivity index is 1.88. The van der Waals surface area contributed by atoms with Crippen LogP contribution in [0.15, 0.2) is 36.4 Å². The van der Waals surface area contributed by atoms with E-state index in [9.17, 15) is 14.3 Å². The van der Waals surface area contributed by atoms with E-state index in [2.05, 4.69) is 11.4 Å². The van der Waals surface area contributed by atoms with Gasteiger partial charge < -0.3 is 10.4 Å². The van der Waals surface area contributed by atoms with Crippen LogP contribution in [0.5, 0.6) is 5.75 Å². The van der Waals surface area contributed by atoms with Crippen molar-refractivity contribution < 1.29 is 14.3 Å². The summed E-state index contributed by atoms with van der Waals surface area (Å²) in [5, 5.41) is 12.0. The smallest absolute Gasteiger partial charge is 0.258 e. The first-order chi connectivity index (χ1) is 10.1. The summed E-state index contributed by atoms with van der Waals surface area (Å²) >= 11 is 0. The van der Waals surface area contributed by atoms with Gasteiger partial charge in [-0.3, -0.25) is 4.79 Å². The quantitative estimate of drug-likeness (QED) is 0.884. The van der Waals surface area contributed by atoms with Crippen molar-refractivity contribution in [3.63, 3.8) is 0 Å². The second-order valence-electron chi connectivity index (χ2n) is 5.27. The topological polar surface area (TPSA) is 49.3 Å². The average molecular weight is 285 g/mol. The molecule has 0 aromatic heterocycles. The fourth-order valence-electron chi connectivity index (χ4n) is 2.78. The molecule has 0 bridgehead atoms. The Morgan fingerprint density at radius 1 is 1.14 bits per heavy atom. The SMILES string of the molecule is O=C(Nc1cccc2c1CCCC2)c1ccc(O)cc1F. The zero-order valence-corrected chi connectivity index (χ0v) is 11.5. The van der Waals surface area contributed by atoms with Gasteiger partial charge in [-0.05, 0) is 55.0 Å². The maximum atomic E-state index is 13.7. The van der Waals surface area contributed by atoms with Crippen LogP contribution in [-0.4, -0.2) is 11.0 Å². The van der Waals surface area contributed by atoms with Crippen molar-refractivity contribution in [1.29, 1.82) is 0 Å². The summed E-state index contributed by atoms with van der Waals surface area (Å²) in [6.07, 6.45) is 4.22. The number of hydrogen-bond donors (Lipinski definition) is 2. The molecule has 0 saturated heterocycles. The first-order valence-corrected chi connectivity index (χ1v) is 7.06. The first-order valence-electron chi connectivity index (χ1n) is 7.06. The molecule has 0 fully saturated rings. The van der Waals surface area contributed by atoms with Crippen LogP contribution in [0.4, 0.5) is 10.1 Å². The monoisotopic (exact) mass is 285 g/mol. The van der Waals surface area contributed by atoms with Crippen LogP contribution >= 0.6 is 0 Å². The molecule has 21 heavy (non-hydrogen) atoms. The normalized spacial score (nSPS) is 13.6. The molecule has 0 heterocycles. The fraction of sp³-hybridized carbons (Fsp3) is 0.235. The van der Waals surface area contributed by atoms with Crippen LogP contribution in [-0.2, 0) is 12.8 Å². The lowest BCUT2D eigenvalue weighted by atomic mass is 9.90. The van der Waals surface area contributed by atoms with E-state index >= 15 is 0 Å². The van der Waals surface area contributed by atoms with E-state index in [1.54, 1.807) is 0 Å². The van der Waals surface area contributed by atoms with Crippen LogP contribution < -0.4 is 5.32 Å². The van der Waals surface area contributed by atoms with Gasteiger partial charge in [0.15, 0.2) is 0 Å². The number of phenolic OH excluding ortho intramolecular Hbond substituents is 1. The molecule has 3 nitrogen and oxygen atoms in total. The lowest BCUT2D eigenvalue weighted by molar-refractivity contribution is 0.102. The molecule has 4 heteroatoms. The van der Waals surface area contributed by atoms with E-state index in [-0.39, 0.29) is 11.3 Å². The number of carbonyl (C=O) groups excluding carboxylic acids is 1. The number of benzene rings is 2. The fourth-order valence-corrected chi connectivity index (χ4v) is 2.78. The van der Waals surface area contributed by atoms with Crippen molar-refractivity contribution in [2.75, 3.05) is 5.32 Å². The van der Waals surface area contributed by atoms with Crippen LogP contribution in [0.2, 0.25) is 0 Å². The third kappa shape index (κ3) is 2.75. The van der Waals surface area contributed by atoms with Gasteiger partial charge in [0.1, 0.15) is 11.6 Å². The standard InChI is InChI=1S/C17H16FNO2/c18-15-10-12(20)8-9-14(15)17(21)19-16-7-3-5-11-4-1-2-6-13(11)16/h3,5,7-10,20H,1-2,4,6H2,(H,19,21). The summed E-state index contributed by atoms with van der Waals surface area (Å²) in [4.78, 5) is 12.2. The van der Waals surface area contributed by atoms with E-state index in [0.717, 1.165) is 43.0 Å². The Morgan fingerprint density at radius 2 is 1.95 bits per heavy atom. The molecule has 2 aromatic carbocycles. The van der Waals surface area contributed by atoms with Gasteiger partial charge in [0, 0.05) is 11.8 Å². The molecule has 0 unspecified atom stereocenters. The van der Waals surface area contributed by atoms with Crippen LogP contribution in [0.1, 0.15) is 34.3 Å². The van der Waals surface area contributed by atoms with Gasteiger partial charge in [-0.25, -0.2) is 4.39 Å². The Bertz CT molecular complexity index is 697. The molecule has 0 atom stereocenters. The second kappa shape index (κ2) is 5.56. The van der Waals surface area contributed by atoms with Crippen LogP contribution in [0.25, 0.3) is 0 Å². The van der Waals surface area contributed by atoms with E-state index in [4.69, 9.17) is 0 Å². The van der Waals surface area contributed by atoms with E-state index in [0.29, 0.717) is 0 Å². The Labute approximate surface area is 122 Å². The highest BCUT2D eigenvalue weighted by molar-refractivity contribution is 6.05. The highest BCUT2D eigenvalue weighted by Gasteiger charge is 2.17. The molecule has 0 radical (unpaired) electrons. The minimum Gasteiger partial charge on any atom is -0.508 e. The molecule has 0 aliphatic heterocycles. The van der Waals surface area contributed by atoms with Crippen LogP contribution in [0, 0.1) is 5.82 Å². The molecule has 1 aliphatic carbocycles.